The average molecular weight is 286 g/mol. The number of hydrogen-bond donors (Lipinski definition) is 2. The molecular weight excluding hydrogens is 268 g/mol. The predicted molar refractivity (Wildman–Crippen MR) is 82.3 cm³/mol. The van der Waals surface area contributed by atoms with Gasteiger partial charge >= 0.3 is 0 Å². The van der Waals surface area contributed by atoms with Gasteiger partial charge in [-0.05, 0) is 30.7 Å². The van der Waals surface area contributed by atoms with Crippen molar-refractivity contribution >= 4 is 17.8 Å². The molecule has 1 amide bonds. The highest BCUT2D eigenvalue weighted by molar-refractivity contribution is 6.10. The monoisotopic (exact) mass is 286 g/mol. The first-order valence-electron chi connectivity index (χ1n) is 6.36. The van der Waals surface area contributed by atoms with Crippen LogP contribution in [0.1, 0.15) is 19.4 Å². The Morgan fingerprint density at radius 2 is 2.24 bits per heavy atom. The first-order chi connectivity index (χ1) is 9.94. The van der Waals surface area contributed by atoms with Crippen LogP contribution in [-0.2, 0) is 4.79 Å². The molecule has 0 heterocycles. The molecule has 1 aromatic rings. The number of methoxy groups -OCH3 is 1. The Kier molecular flexibility index (Phi) is 5.56. The summed E-state index contributed by atoms with van der Waals surface area (Å²) in [6, 6.07) is 4.72. The maximum Gasteiger partial charge on any atom is 0.225 e. The molecule has 1 aromatic carbocycles. The summed E-state index contributed by atoms with van der Waals surface area (Å²) in [5.74, 6) is 2.47. The molecule has 0 atom stereocenters. The fourth-order valence-corrected chi connectivity index (χ4v) is 1.81. The molecule has 0 saturated heterocycles. The zero-order valence-corrected chi connectivity index (χ0v) is 12.3. The molecule has 0 aliphatic rings. The second-order valence-corrected chi connectivity index (χ2v) is 4.25. The van der Waals surface area contributed by atoms with Gasteiger partial charge in [0.25, 0.3) is 0 Å². The van der Waals surface area contributed by atoms with E-state index in [1.54, 1.807) is 25.1 Å². The minimum Gasteiger partial charge on any atom is -0.504 e. The van der Waals surface area contributed by atoms with Gasteiger partial charge in [0.15, 0.2) is 11.5 Å². The van der Waals surface area contributed by atoms with Gasteiger partial charge in [0.2, 0.25) is 5.91 Å². The minimum atomic E-state index is -0.244. The smallest absolute Gasteiger partial charge is 0.225 e. The van der Waals surface area contributed by atoms with Crippen molar-refractivity contribution in [1.82, 2.24) is 4.90 Å². The minimum absolute atomic E-state index is 0.0194. The summed E-state index contributed by atoms with van der Waals surface area (Å²) in [6.45, 7) is 3.52. The van der Waals surface area contributed by atoms with Crippen LogP contribution in [0.3, 0.4) is 0 Å². The third-order valence-electron chi connectivity index (χ3n) is 2.89. The number of hydrogen-bond acceptors (Lipinski definition) is 4. The number of carbonyl (C=O) groups excluding carboxylic acids is 1. The fourth-order valence-electron chi connectivity index (χ4n) is 1.81. The molecule has 0 saturated carbocycles. The number of amidine groups is 1. The van der Waals surface area contributed by atoms with Crippen LogP contribution in [-0.4, -0.2) is 35.4 Å². The Bertz CT molecular complexity index is 627. The highest BCUT2D eigenvalue weighted by Gasteiger charge is 2.15. The van der Waals surface area contributed by atoms with Crippen LogP contribution in [0.15, 0.2) is 23.8 Å². The van der Waals surface area contributed by atoms with Crippen molar-refractivity contribution in [3.05, 3.63) is 29.3 Å². The molecule has 0 aliphatic carbocycles. The summed E-state index contributed by atoms with van der Waals surface area (Å²) < 4.78 is 5.02. The molecule has 2 N–H and O–H groups in total. The van der Waals surface area contributed by atoms with Crippen LogP contribution >= 0.6 is 0 Å². The van der Waals surface area contributed by atoms with Crippen LogP contribution in [0.2, 0.25) is 0 Å². The highest BCUT2D eigenvalue weighted by atomic mass is 16.5. The van der Waals surface area contributed by atoms with E-state index < -0.39 is 0 Å². The molecule has 110 valence electrons. The molecule has 5 heteroatoms. The Morgan fingerprint density at radius 1 is 1.57 bits per heavy atom. The van der Waals surface area contributed by atoms with Crippen molar-refractivity contribution in [2.45, 2.75) is 13.8 Å². The maximum absolute atomic E-state index is 11.5. The van der Waals surface area contributed by atoms with Gasteiger partial charge < -0.3 is 9.84 Å². The fraction of sp³-hybridized carbons (Fsp3) is 0.250. The SMILES string of the molecule is C#C/C(=C\c1ccc(O)c(OC)c1)C(=N)N(CC)C(C)=O. The second-order valence-electron chi connectivity index (χ2n) is 4.25. The van der Waals surface area contributed by atoms with Crippen molar-refractivity contribution < 1.29 is 14.6 Å². The molecule has 0 fully saturated rings. The summed E-state index contributed by atoms with van der Waals surface area (Å²) in [4.78, 5) is 12.8. The van der Waals surface area contributed by atoms with Gasteiger partial charge in [-0.15, -0.1) is 6.42 Å². The lowest BCUT2D eigenvalue weighted by atomic mass is 10.1. The van der Waals surface area contributed by atoms with Crippen LogP contribution in [0.5, 0.6) is 11.5 Å². The molecule has 5 nitrogen and oxygen atoms in total. The average Bonchev–Trinajstić information content (AvgIpc) is 2.46. The van der Waals surface area contributed by atoms with Crippen LogP contribution in [0, 0.1) is 17.8 Å². The summed E-state index contributed by atoms with van der Waals surface area (Å²) in [7, 11) is 1.45. The molecule has 21 heavy (non-hydrogen) atoms. The lowest BCUT2D eigenvalue weighted by Gasteiger charge is -2.19. The number of rotatable bonds is 4. The van der Waals surface area contributed by atoms with Gasteiger partial charge in [0, 0.05) is 13.5 Å². The number of phenols is 1. The third kappa shape index (κ3) is 3.86. The number of amides is 1. The number of phenolic OH excluding ortho intramolecular Hbond substituents is 1. The van der Waals surface area contributed by atoms with E-state index in [0.29, 0.717) is 17.9 Å². The standard InChI is InChI=1S/C16H18N2O3/c1-5-13(16(17)18(6-2)11(3)19)9-12-7-8-14(20)15(10-12)21-4/h1,7-10,17,20H,6H2,2-4H3/b13-9+,17-16?. The summed E-state index contributed by atoms with van der Waals surface area (Å²) >= 11 is 0. The van der Waals surface area contributed by atoms with Gasteiger partial charge in [-0.25, -0.2) is 0 Å². The lowest BCUT2D eigenvalue weighted by Crippen LogP contribution is -2.35. The number of benzene rings is 1. The van der Waals surface area contributed by atoms with E-state index in [1.165, 1.54) is 25.0 Å². The molecule has 0 aliphatic heterocycles. The van der Waals surface area contributed by atoms with E-state index in [1.807, 2.05) is 0 Å². The van der Waals surface area contributed by atoms with Crippen molar-refractivity contribution in [3.63, 3.8) is 0 Å². The van der Waals surface area contributed by atoms with Gasteiger partial charge in [0.05, 0.1) is 12.7 Å². The van der Waals surface area contributed by atoms with Gasteiger partial charge in [-0.3, -0.25) is 15.1 Å². The van der Waals surface area contributed by atoms with E-state index in [0.717, 1.165) is 0 Å². The highest BCUT2D eigenvalue weighted by Crippen LogP contribution is 2.27. The van der Waals surface area contributed by atoms with E-state index in [2.05, 4.69) is 5.92 Å². The Hall–Kier alpha value is -2.74. The molecule has 0 spiro atoms. The van der Waals surface area contributed by atoms with Crippen LogP contribution < -0.4 is 4.74 Å². The zero-order valence-electron chi connectivity index (χ0n) is 12.3. The first kappa shape index (κ1) is 16.3. The Balaban J connectivity index is 3.18. The van der Waals surface area contributed by atoms with E-state index >= 15 is 0 Å². The third-order valence-corrected chi connectivity index (χ3v) is 2.89. The van der Waals surface area contributed by atoms with Gasteiger partial charge in [-0.2, -0.15) is 0 Å². The zero-order chi connectivity index (χ0) is 16.0. The summed E-state index contributed by atoms with van der Waals surface area (Å²) in [6.07, 6.45) is 7.03. The Labute approximate surface area is 124 Å². The predicted octanol–water partition coefficient (Wildman–Crippen LogP) is 2.26. The summed E-state index contributed by atoms with van der Waals surface area (Å²) in [5, 5.41) is 17.6. The molecule has 0 unspecified atom stereocenters. The lowest BCUT2D eigenvalue weighted by molar-refractivity contribution is -0.124. The molecule has 0 aromatic heterocycles. The van der Waals surface area contributed by atoms with Crippen LogP contribution in [0.25, 0.3) is 6.08 Å². The van der Waals surface area contributed by atoms with Gasteiger partial charge in [0.1, 0.15) is 5.84 Å². The topological polar surface area (TPSA) is 73.6 Å². The van der Waals surface area contributed by atoms with E-state index in [4.69, 9.17) is 16.6 Å². The number of terminal acetylenes is 1. The summed E-state index contributed by atoms with van der Waals surface area (Å²) in [5.41, 5.74) is 0.946. The van der Waals surface area contributed by atoms with E-state index in [9.17, 15) is 9.90 Å². The first-order valence-corrected chi connectivity index (χ1v) is 6.36. The van der Waals surface area contributed by atoms with Crippen molar-refractivity contribution in [3.8, 4) is 23.8 Å². The number of carbonyl (C=O) groups is 1. The van der Waals surface area contributed by atoms with Crippen molar-refractivity contribution in [1.29, 1.82) is 5.41 Å². The number of aromatic hydroxyl groups is 1. The maximum atomic E-state index is 11.5. The molecule has 0 bridgehead atoms. The van der Waals surface area contributed by atoms with Gasteiger partial charge in [-0.1, -0.05) is 12.0 Å². The van der Waals surface area contributed by atoms with Crippen molar-refractivity contribution in [2.75, 3.05) is 13.7 Å². The molecule has 0 radical (unpaired) electrons. The number of ether oxygens (including phenoxy) is 1. The van der Waals surface area contributed by atoms with E-state index in [-0.39, 0.29) is 23.1 Å². The quantitative estimate of drug-likeness (QED) is 0.506. The number of nitrogens with zero attached hydrogens (tertiary/aromatic N) is 1. The molecular formula is C16H18N2O3. The van der Waals surface area contributed by atoms with Crippen LogP contribution in [0.4, 0.5) is 0 Å². The number of nitrogens with one attached hydrogen (secondary N) is 1. The largest absolute Gasteiger partial charge is 0.504 e. The normalized spacial score (nSPS) is 10.7. The van der Waals surface area contributed by atoms with Crippen molar-refractivity contribution in [2.24, 2.45) is 0 Å². The number of likely N-dealkylation sites (N-methyl/N-ethyl adjacent to an activating group) is 1. The second kappa shape index (κ2) is 7.15. The molecule has 1 rings (SSSR count). The Morgan fingerprint density at radius 3 is 2.71 bits per heavy atom.